The van der Waals surface area contributed by atoms with Gasteiger partial charge in [-0.25, -0.2) is 0 Å². The van der Waals surface area contributed by atoms with E-state index in [2.05, 4.69) is 24.9 Å². The van der Waals surface area contributed by atoms with Crippen molar-refractivity contribution in [3.8, 4) is 22.9 Å². The summed E-state index contributed by atoms with van der Waals surface area (Å²) < 4.78 is 58.2. The molecule has 1 heterocycles. The fourth-order valence-electron chi connectivity index (χ4n) is 2.33. The first-order valence-electron chi connectivity index (χ1n) is 7.82. The predicted molar refractivity (Wildman–Crippen MR) is 87.3 cm³/mol. The maximum atomic E-state index is 12.6. The van der Waals surface area contributed by atoms with Crippen LogP contribution in [0.4, 0.5) is 17.6 Å². The van der Waals surface area contributed by atoms with E-state index >= 15 is 0 Å². The van der Waals surface area contributed by atoms with Gasteiger partial charge in [-0.3, -0.25) is 4.79 Å². The molecule has 0 bridgehead atoms. The summed E-state index contributed by atoms with van der Waals surface area (Å²) >= 11 is 0. The molecule has 1 aromatic heterocycles. The van der Waals surface area contributed by atoms with Gasteiger partial charge in [0.25, 0.3) is 0 Å². The number of halogens is 4. The number of aromatic nitrogens is 4. The highest BCUT2D eigenvalue weighted by Gasteiger charge is 2.19. The van der Waals surface area contributed by atoms with Crippen LogP contribution in [0.15, 0.2) is 48.5 Å². The molecule has 0 aliphatic carbocycles. The Kier molecular flexibility index (Phi) is 5.82. The van der Waals surface area contributed by atoms with Crippen LogP contribution in [0, 0.1) is 0 Å². The van der Waals surface area contributed by atoms with Gasteiger partial charge in [-0.05, 0) is 17.3 Å². The number of ether oxygens (including phenoxy) is 2. The first-order chi connectivity index (χ1) is 13.4. The van der Waals surface area contributed by atoms with Crippen molar-refractivity contribution in [3.63, 3.8) is 0 Å². The molecule has 0 N–H and O–H groups in total. The minimum Gasteiger partial charge on any atom is -0.435 e. The zero-order valence-corrected chi connectivity index (χ0v) is 14.0. The summed E-state index contributed by atoms with van der Waals surface area (Å²) in [5.74, 6) is -1.43. The molecule has 0 spiro atoms. The van der Waals surface area contributed by atoms with E-state index in [1.165, 1.54) is 0 Å². The second-order valence-electron chi connectivity index (χ2n) is 5.35. The van der Waals surface area contributed by atoms with Crippen LogP contribution in [0.3, 0.4) is 0 Å². The third kappa shape index (κ3) is 4.81. The van der Waals surface area contributed by atoms with Gasteiger partial charge in [0.15, 0.2) is 5.78 Å². The number of ketones is 1. The van der Waals surface area contributed by atoms with Gasteiger partial charge in [0.2, 0.25) is 5.82 Å². The molecule has 0 fully saturated rings. The Balaban J connectivity index is 1.80. The molecule has 146 valence electrons. The Morgan fingerprint density at radius 3 is 2.39 bits per heavy atom. The molecular formula is C17H12F4N4O3. The second-order valence-corrected chi connectivity index (χ2v) is 5.35. The molecule has 7 nitrogen and oxygen atoms in total. The van der Waals surface area contributed by atoms with E-state index in [-0.39, 0.29) is 11.4 Å². The average molecular weight is 396 g/mol. The van der Waals surface area contributed by atoms with E-state index in [4.69, 9.17) is 0 Å². The SMILES string of the molecule is O=C(Cn1nnc(-c2ccccc2)n1)c1ccc(OC(F)F)cc1OC(F)F. The van der Waals surface area contributed by atoms with Gasteiger partial charge >= 0.3 is 13.2 Å². The lowest BCUT2D eigenvalue weighted by atomic mass is 10.1. The van der Waals surface area contributed by atoms with Gasteiger partial charge in [0.1, 0.15) is 18.0 Å². The molecule has 11 heteroatoms. The number of Topliss-reactive ketones (excluding diaryl/α,β-unsaturated/α-hetero) is 1. The molecule has 3 aromatic rings. The van der Waals surface area contributed by atoms with Crippen LogP contribution in [0.2, 0.25) is 0 Å². The molecule has 0 aliphatic heterocycles. The third-order valence-corrected chi connectivity index (χ3v) is 3.46. The fourth-order valence-corrected chi connectivity index (χ4v) is 2.33. The molecule has 0 saturated carbocycles. The minimum absolute atomic E-state index is 0.263. The van der Waals surface area contributed by atoms with Crippen LogP contribution in [-0.4, -0.2) is 39.2 Å². The molecule has 3 rings (SSSR count). The van der Waals surface area contributed by atoms with Crippen molar-refractivity contribution in [3.05, 3.63) is 54.1 Å². The Morgan fingerprint density at radius 2 is 1.71 bits per heavy atom. The number of carbonyl (C=O) groups is 1. The summed E-state index contributed by atoms with van der Waals surface area (Å²) in [6.45, 7) is -6.84. The van der Waals surface area contributed by atoms with Crippen LogP contribution in [0.5, 0.6) is 11.5 Å². The molecule has 0 amide bonds. The summed E-state index contributed by atoms with van der Waals surface area (Å²) in [6.07, 6.45) is 0. The predicted octanol–water partition coefficient (Wildman–Crippen LogP) is 3.43. The van der Waals surface area contributed by atoms with Crippen molar-refractivity contribution in [2.75, 3.05) is 0 Å². The molecule has 2 aromatic carbocycles. The average Bonchev–Trinajstić information content (AvgIpc) is 3.10. The van der Waals surface area contributed by atoms with Crippen LogP contribution < -0.4 is 9.47 Å². The smallest absolute Gasteiger partial charge is 0.387 e. The monoisotopic (exact) mass is 396 g/mol. The van der Waals surface area contributed by atoms with E-state index in [1.54, 1.807) is 24.3 Å². The number of hydrogen-bond donors (Lipinski definition) is 0. The van der Waals surface area contributed by atoms with Crippen LogP contribution in [-0.2, 0) is 6.54 Å². The number of carbonyl (C=O) groups excluding carboxylic acids is 1. The largest absolute Gasteiger partial charge is 0.435 e. The summed E-state index contributed by atoms with van der Waals surface area (Å²) in [5, 5.41) is 11.6. The standard InChI is InChI=1S/C17H12F4N4O3/c18-16(19)27-11-6-7-12(14(8-11)28-17(20)21)13(26)9-25-23-15(22-24-25)10-4-2-1-3-5-10/h1-8,16-17H,9H2. The van der Waals surface area contributed by atoms with Gasteiger partial charge in [-0.15, -0.1) is 10.2 Å². The van der Waals surface area contributed by atoms with Gasteiger partial charge in [0.05, 0.1) is 5.56 Å². The number of nitrogens with zero attached hydrogens (tertiary/aromatic N) is 4. The van der Waals surface area contributed by atoms with E-state index in [1.807, 2.05) is 6.07 Å². The zero-order chi connectivity index (χ0) is 20.1. The molecule has 0 saturated heterocycles. The van der Waals surface area contributed by atoms with Gasteiger partial charge < -0.3 is 9.47 Å². The molecule has 0 radical (unpaired) electrons. The van der Waals surface area contributed by atoms with E-state index in [0.29, 0.717) is 5.56 Å². The number of benzene rings is 2. The first-order valence-corrected chi connectivity index (χ1v) is 7.82. The normalized spacial score (nSPS) is 11.1. The highest BCUT2D eigenvalue weighted by molar-refractivity contribution is 5.98. The highest BCUT2D eigenvalue weighted by atomic mass is 19.3. The van der Waals surface area contributed by atoms with Crippen molar-refractivity contribution in [1.82, 2.24) is 20.2 Å². The number of alkyl halides is 4. The third-order valence-electron chi connectivity index (χ3n) is 3.46. The van der Waals surface area contributed by atoms with Crippen molar-refractivity contribution in [2.24, 2.45) is 0 Å². The second kappa shape index (κ2) is 8.46. The Labute approximate surface area is 155 Å². The summed E-state index contributed by atoms with van der Waals surface area (Å²) in [4.78, 5) is 13.4. The van der Waals surface area contributed by atoms with E-state index in [0.717, 1.165) is 23.0 Å². The minimum atomic E-state index is -3.26. The lowest BCUT2D eigenvalue weighted by molar-refractivity contribution is -0.0544. The van der Waals surface area contributed by atoms with Crippen molar-refractivity contribution in [1.29, 1.82) is 0 Å². The van der Waals surface area contributed by atoms with E-state index < -0.39 is 37.1 Å². The van der Waals surface area contributed by atoms with Gasteiger partial charge in [-0.2, -0.15) is 22.4 Å². The molecule has 0 unspecified atom stereocenters. The Morgan fingerprint density at radius 1 is 1.00 bits per heavy atom. The zero-order valence-electron chi connectivity index (χ0n) is 14.0. The van der Waals surface area contributed by atoms with Crippen LogP contribution in [0.1, 0.15) is 10.4 Å². The first kappa shape index (κ1) is 19.3. The Bertz CT molecular complexity index is 951. The summed E-state index contributed by atoms with van der Waals surface area (Å²) in [6, 6.07) is 11.7. The molecule has 28 heavy (non-hydrogen) atoms. The van der Waals surface area contributed by atoms with Crippen LogP contribution in [0.25, 0.3) is 11.4 Å². The number of hydrogen-bond acceptors (Lipinski definition) is 6. The van der Waals surface area contributed by atoms with Gasteiger partial charge in [-0.1, -0.05) is 30.3 Å². The topological polar surface area (TPSA) is 79.1 Å². The number of tetrazole rings is 1. The molecule has 0 aliphatic rings. The quantitative estimate of drug-likeness (QED) is 0.429. The van der Waals surface area contributed by atoms with Crippen molar-refractivity contribution in [2.45, 2.75) is 19.8 Å². The van der Waals surface area contributed by atoms with Crippen molar-refractivity contribution >= 4 is 5.78 Å². The lowest BCUT2D eigenvalue weighted by Crippen LogP contribution is -2.16. The maximum absolute atomic E-state index is 12.6. The summed E-state index contributed by atoms with van der Waals surface area (Å²) in [5.41, 5.74) is 0.414. The fraction of sp³-hybridized carbons (Fsp3) is 0.176. The summed E-state index contributed by atoms with van der Waals surface area (Å²) in [7, 11) is 0. The van der Waals surface area contributed by atoms with E-state index in [9.17, 15) is 22.4 Å². The lowest BCUT2D eigenvalue weighted by Gasteiger charge is -2.12. The number of rotatable bonds is 8. The van der Waals surface area contributed by atoms with Crippen LogP contribution >= 0.6 is 0 Å². The van der Waals surface area contributed by atoms with Gasteiger partial charge in [0, 0.05) is 11.6 Å². The maximum Gasteiger partial charge on any atom is 0.387 e. The molecule has 0 atom stereocenters. The Hall–Kier alpha value is -3.50. The molecular weight excluding hydrogens is 384 g/mol. The van der Waals surface area contributed by atoms with Crippen molar-refractivity contribution < 1.29 is 31.8 Å². The highest BCUT2D eigenvalue weighted by Crippen LogP contribution is 2.28.